The fourth-order valence-electron chi connectivity index (χ4n) is 1.96. The number of nitro groups is 1. The molecule has 98 valence electrons. The van der Waals surface area contributed by atoms with Crippen LogP contribution in [0.5, 0.6) is 0 Å². The van der Waals surface area contributed by atoms with E-state index in [0.717, 1.165) is 25.0 Å². The smallest absolute Gasteiger partial charge is 0.295 e. The zero-order valence-corrected chi connectivity index (χ0v) is 9.95. The summed E-state index contributed by atoms with van der Waals surface area (Å²) in [6.07, 6.45) is 2.27. The Balaban J connectivity index is 2.18. The van der Waals surface area contributed by atoms with Crippen LogP contribution in [0.15, 0.2) is 12.1 Å². The Labute approximate surface area is 103 Å². The quantitative estimate of drug-likeness (QED) is 0.649. The maximum atomic E-state index is 13.5. The molecule has 1 aliphatic carbocycles. The van der Waals surface area contributed by atoms with Crippen LogP contribution in [0.3, 0.4) is 0 Å². The minimum atomic E-state index is -1.19. The van der Waals surface area contributed by atoms with Gasteiger partial charge in [-0.2, -0.15) is 0 Å². The summed E-state index contributed by atoms with van der Waals surface area (Å²) in [5.74, 6) is -1.38. The van der Waals surface area contributed by atoms with Gasteiger partial charge in [0.1, 0.15) is 0 Å². The Morgan fingerprint density at radius 2 is 2.17 bits per heavy atom. The second-order valence-corrected chi connectivity index (χ2v) is 4.71. The number of nitro benzene ring substituents is 1. The van der Waals surface area contributed by atoms with Crippen LogP contribution in [0.1, 0.15) is 19.8 Å². The molecule has 6 heteroatoms. The first-order chi connectivity index (χ1) is 8.50. The molecule has 2 rings (SSSR count). The highest BCUT2D eigenvalue weighted by atomic mass is 19.2. The van der Waals surface area contributed by atoms with E-state index >= 15 is 0 Å². The second-order valence-electron chi connectivity index (χ2n) is 4.71. The van der Waals surface area contributed by atoms with Crippen LogP contribution in [0, 0.1) is 33.6 Å². The summed E-state index contributed by atoms with van der Waals surface area (Å²) in [7, 11) is 0. The van der Waals surface area contributed by atoms with Gasteiger partial charge in [-0.3, -0.25) is 10.1 Å². The van der Waals surface area contributed by atoms with E-state index in [-0.39, 0.29) is 5.69 Å². The summed E-state index contributed by atoms with van der Waals surface area (Å²) in [6.45, 7) is 2.40. The van der Waals surface area contributed by atoms with Crippen LogP contribution in [0.4, 0.5) is 20.2 Å². The number of nitrogens with zero attached hydrogens (tertiary/aromatic N) is 1. The number of anilines is 1. The molecular weight excluding hydrogens is 242 g/mol. The van der Waals surface area contributed by atoms with E-state index < -0.39 is 22.2 Å². The molecule has 0 saturated heterocycles. The van der Waals surface area contributed by atoms with E-state index in [0.29, 0.717) is 18.4 Å². The fraction of sp³-hybridized carbons (Fsp3) is 0.500. The Morgan fingerprint density at radius 1 is 1.50 bits per heavy atom. The predicted molar refractivity (Wildman–Crippen MR) is 63.4 cm³/mol. The third-order valence-electron chi connectivity index (χ3n) is 3.30. The van der Waals surface area contributed by atoms with Crippen molar-refractivity contribution in [1.82, 2.24) is 0 Å². The van der Waals surface area contributed by atoms with Crippen LogP contribution >= 0.6 is 0 Å². The predicted octanol–water partition coefficient (Wildman–Crippen LogP) is 3.33. The molecule has 1 atom stereocenters. The van der Waals surface area contributed by atoms with Gasteiger partial charge < -0.3 is 5.32 Å². The number of rotatable bonds is 5. The van der Waals surface area contributed by atoms with Crippen molar-refractivity contribution in [2.75, 3.05) is 11.9 Å². The van der Waals surface area contributed by atoms with Gasteiger partial charge in [-0.15, -0.1) is 0 Å². The van der Waals surface area contributed by atoms with Crippen molar-refractivity contribution in [3.05, 3.63) is 33.9 Å². The highest BCUT2D eigenvalue weighted by Gasteiger charge is 2.29. The summed E-state index contributed by atoms with van der Waals surface area (Å²) in [5, 5.41) is 13.4. The highest BCUT2D eigenvalue weighted by molar-refractivity contribution is 5.62. The summed E-state index contributed by atoms with van der Waals surface area (Å²) in [5.41, 5.74) is -0.788. The van der Waals surface area contributed by atoms with Gasteiger partial charge in [0.05, 0.1) is 4.92 Å². The van der Waals surface area contributed by atoms with Crippen LogP contribution in [-0.4, -0.2) is 11.5 Å². The molecule has 0 bridgehead atoms. The first-order valence-electron chi connectivity index (χ1n) is 5.87. The average molecular weight is 256 g/mol. The molecule has 4 nitrogen and oxygen atoms in total. The molecular formula is C12H14F2N2O2. The summed E-state index contributed by atoms with van der Waals surface area (Å²) in [4.78, 5) is 10.0. The molecule has 1 saturated carbocycles. The van der Waals surface area contributed by atoms with E-state index in [1.807, 2.05) is 6.92 Å². The topological polar surface area (TPSA) is 55.2 Å². The third kappa shape index (κ3) is 2.57. The largest absolute Gasteiger partial charge is 0.377 e. The monoisotopic (exact) mass is 256 g/mol. The number of benzene rings is 1. The molecule has 1 fully saturated rings. The molecule has 1 aromatic rings. The molecule has 1 N–H and O–H groups in total. The Hall–Kier alpha value is -1.72. The zero-order chi connectivity index (χ0) is 13.3. The van der Waals surface area contributed by atoms with E-state index in [1.54, 1.807) is 0 Å². The molecule has 0 radical (unpaired) electrons. The van der Waals surface area contributed by atoms with Crippen LogP contribution in [0.25, 0.3) is 0 Å². The lowest BCUT2D eigenvalue weighted by atomic mass is 10.1. The number of nitrogens with one attached hydrogen (secondary N) is 1. The molecule has 1 unspecified atom stereocenters. The molecule has 1 aromatic carbocycles. The normalized spacial score (nSPS) is 16.4. The van der Waals surface area contributed by atoms with Crippen molar-refractivity contribution in [2.45, 2.75) is 19.8 Å². The molecule has 0 heterocycles. The van der Waals surface area contributed by atoms with Crippen LogP contribution in [-0.2, 0) is 0 Å². The highest BCUT2D eigenvalue weighted by Crippen LogP contribution is 2.37. The minimum absolute atomic E-state index is 0.298. The molecule has 18 heavy (non-hydrogen) atoms. The molecule has 0 aliphatic heterocycles. The van der Waals surface area contributed by atoms with Crippen molar-refractivity contribution >= 4 is 11.4 Å². The van der Waals surface area contributed by atoms with Gasteiger partial charge >= 0.3 is 0 Å². The molecule has 0 amide bonds. The van der Waals surface area contributed by atoms with Gasteiger partial charge in [0, 0.05) is 12.6 Å². The molecule has 0 aromatic heterocycles. The standard InChI is InChI=1S/C12H14F2N2O2/c1-7(8-2-3-8)6-15-12-10(16(17)18)5-4-9(13)11(12)14/h4-5,7-8,15H,2-3,6H2,1H3. The lowest BCUT2D eigenvalue weighted by Crippen LogP contribution is -2.15. The Bertz CT molecular complexity index is 475. The van der Waals surface area contributed by atoms with E-state index in [4.69, 9.17) is 0 Å². The lowest BCUT2D eigenvalue weighted by molar-refractivity contribution is -0.384. The number of halogens is 2. The first-order valence-corrected chi connectivity index (χ1v) is 5.87. The average Bonchev–Trinajstić information content (AvgIpc) is 3.14. The third-order valence-corrected chi connectivity index (χ3v) is 3.30. The summed E-state index contributed by atoms with van der Waals surface area (Å²) >= 11 is 0. The maximum absolute atomic E-state index is 13.5. The van der Waals surface area contributed by atoms with Gasteiger partial charge in [0.25, 0.3) is 5.69 Å². The Morgan fingerprint density at radius 3 is 2.72 bits per heavy atom. The second kappa shape index (κ2) is 4.88. The van der Waals surface area contributed by atoms with Crippen molar-refractivity contribution in [2.24, 2.45) is 11.8 Å². The van der Waals surface area contributed by atoms with Gasteiger partial charge in [0.2, 0.25) is 0 Å². The number of hydrogen-bond donors (Lipinski definition) is 1. The number of hydrogen-bond acceptors (Lipinski definition) is 3. The van der Waals surface area contributed by atoms with Gasteiger partial charge in [0.15, 0.2) is 17.3 Å². The van der Waals surface area contributed by atoms with E-state index in [1.165, 1.54) is 0 Å². The van der Waals surface area contributed by atoms with Gasteiger partial charge in [-0.1, -0.05) is 6.92 Å². The summed E-state index contributed by atoms with van der Waals surface area (Å²) in [6, 6.07) is 1.74. The SMILES string of the molecule is CC(CNc1c([N+](=O)[O-])ccc(F)c1F)C1CC1. The van der Waals surface area contributed by atoms with Crippen molar-refractivity contribution < 1.29 is 13.7 Å². The Kier molecular flexibility index (Phi) is 3.45. The van der Waals surface area contributed by atoms with E-state index in [9.17, 15) is 18.9 Å². The van der Waals surface area contributed by atoms with Gasteiger partial charge in [-0.05, 0) is 30.7 Å². The van der Waals surface area contributed by atoms with Gasteiger partial charge in [-0.25, -0.2) is 8.78 Å². The van der Waals surface area contributed by atoms with E-state index in [2.05, 4.69) is 5.32 Å². The van der Waals surface area contributed by atoms with Crippen molar-refractivity contribution in [3.63, 3.8) is 0 Å². The van der Waals surface area contributed by atoms with Crippen molar-refractivity contribution in [1.29, 1.82) is 0 Å². The zero-order valence-electron chi connectivity index (χ0n) is 9.95. The molecule has 1 aliphatic rings. The lowest BCUT2D eigenvalue weighted by Gasteiger charge is -2.13. The van der Waals surface area contributed by atoms with Crippen LogP contribution in [0.2, 0.25) is 0 Å². The molecule has 0 spiro atoms. The maximum Gasteiger partial charge on any atom is 0.295 e. The van der Waals surface area contributed by atoms with Crippen LogP contribution < -0.4 is 5.32 Å². The fourth-order valence-corrected chi connectivity index (χ4v) is 1.96. The van der Waals surface area contributed by atoms with Crippen molar-refractivity contribution in [3.8, 4) is 0 Å². The minimum Gasteiger partial charge on any atom is -0.377 e. The summed E-state index contributed by atoms with van der Waals surface area (Å²) < 4.78 is 26.6. The first kappa shape index (κ1) is 12.7.